The van der Waals surface area contributed by atoms with E-state index in [1.165, 1.54) is 70.6 Å². The van der Waals surface area contributed by atoms with Gasteiger partial charge in [-0.2, -0.15) is 0 Å². The second-order valence-electron chi connectivity index (χ2n) is 5.48. The SMILES string of the molecule is C=C[C@H](O)CCCCCCCCCCCCCC. The van der Waals surface area contributed by atoms with E-state index in [0.717, 1.165) is 12.8 Å². The molecule has 1 nitrogen and oxygen atoms in total. The van der Waals surface area contributed by atoms with Gasteiger partial charge >= 0.3 is 0 Å². The van der Waals surface area contributed by atoms with Gasteiger partial charge < -0.3 is 5.11 Å². The molecule has 0 aliphatic heterocycles. The second-order valence-corrected chi connectivity index (χ2v) is 5.48. The van der Waals surface area contributed by atoms with Crippen LogP contribution in [0, 0.1) is 0 Å². The molecule has 1 N–H and O–H groups in total. The third-order valence-corrected chi connectivity index (χ3v) is 3.63. The Morgan fingerprint density at radius 2 is 1.17 bits per heavy atom. The maximum Gasteiger partial charge on any atom is 0.0718 e. The smallest absolute Gasteiger partial charge is 0.0718 e. The highest BCUT2D eigenvalue weighted by Gasteiger charge is 1.97. The molecule has 0 radical (unpaired) electrons. The zero-order chi connectivity index (χ0) is 13.5. The summed E-state index contributed by atoms with van der Waals surface area (Å²) in [7, 11) is 0. The monoisotopic (exact) mass is 254 g/mol. The topological polar surface area (TPSA) is 20.2 Å². The van der Waals surface area contributed by atoms with Crippen LogP contribution >= 0.6 is 0 Å². The van der Waals surface area contributed by atoms with Crippen molar-refractivity contribution in [1.29, 1.82) is 0 Å². The van der Waals surface area contributed by atoms with Gasteiger partial charge in [-0.25, -0.2) is 0 Å². The number of hydrogen-bond acceptors (Lipinski definition) is 1. The lowest BCUT2D eigenvalue weighted by Crippen LogP contribution is -2.00. The van der Waals surface area contributed by atoms with Crippen molar-refractivity contribution in [1.82, 2.24) is 0 Å². The van der Waals surface area contributed by atoms with Crippen molar-refractivity contribution in [2.45, 2.75) is 96.5 Å². The lowest BCUT2D eigenvalue weighted by Gasteiger charge is -2.05. The van der Waals surface area contributed by atoms with Gasteiger partial charge in [-0.1, -0.05) is 90.0 Å². The molecule has 0 unspecified atom stereocenters. The average molecular weight is 254 g/mol. The highest BCUT2D eigenvalue weighted by molar-refractivity contribution is 4.77. The molecule has 0 amide bonds. The largest absolute Gasteiger partial charge is 0.389 e. The van der Waals surface area contributed by atoms with Crippen LogP contribution in [-0.4, -0.2) is 11.2 Å². The number of aliphatic hydroxyl groups is 1. The minimum atomic E-state index is -0.284. The zero-order valence-corrected chi connectivity index (χ0v) is 12.5. The Hall–Kier alpha value is -0.300. The number of hydrogen-bond donors (Lipinski definition) is 1. The minimum Gasteiger partial charge on any atom is -0.389 e. The first-order chi connectivity index (χ1) is 8.81. The molecule has 0 aromatic heterocycles. The van der Waals surface area contributed by atoms with E-state index in [9.17, 15) is 5.11 Å². The first kappa shape index (κ1) is 17.7. The summed E-state index contributed by atoms with van der Waals surface area (Å²) in [4.78, 5) is 0. The first-order valence-electron chi connectivity index (χ1n) is 8.12. The molecule has 0 fully saturated rings. The first-order valence-corrected chi connectivity index (χ1v) is 8.12. The van der Waals surface area contributed by atoms with Crippen LogP contribution < -0.4 is 0 Å². The van der Waals surface area contributed by atoms with Crippen LogP contribution in [0.4, 0.5) is 0 Å². The molecule has 0 heterocycles. The van der Waals surface area contributed by atoms with Gasteiger partial charge in [-0.3, -0.25) is 0 Å². The third-order valence-electron chi connectivity index (χ3n) is 3.63. The average Bonchev–Trinajstić information content (AvgIpc) is 2.39. The second kappa shape index (κ2) is 14.8. The van der Waals surface area contributed by atoms with E-state index in [4.69, 9.17) is 0 Å². The number of unbranched alkanes of at least 4 members (excludes halogenated alkanes) is 11. The van der Waals surface area contributed by atoms with E-state index in [1.54, 1.807) is 6.08 Å². The Morgan fingerprint density at radius 1 is 0.778 bits per heavy atom. The van der Waals surface area contributed by atoms with Crippen LogP contribution in [0.25, 0.3) is 0 Å². The van der Waals surface area contributed by atoms with Crippen LogP contribution in [0.2, 0.25) is 0 Å². The summed E-state index contributed by atoms with van der Waals surface area (Å²) in [5.41, 5.74) is 0. The van der Waals surface area contributed by atoms with E-state index >= 15 is 0 Å². The number of rotatable bonds is 14. The Kier molecular flexibility index (Phi) is 14.5. The molecule has 108 valence electrons. The van der Waals surface area contributed by atoms with E-state index < -0.39 is 0 Å². The molecule has 0 saturated carbocycles. The molecule has 0 aliphatic rings. The summed E-state index contributed by atoms with van der Waals surface area (Å²) in [5, 5.41) is 9.30. The fourth-order valence-corrected chi connectivity index (χ4v) is 2.31. The number of aliphatic hydroxyl groups excluding tert-OH is 1. The molecule has 0 rings (SSSR count). The summed E-state index contributed by atoms with van der Waals surface area (Å²) in [5.74, 6) is 0. The van der Waals surface area contributed by atoms with Gasteiger partial charge in [0.1, 0.15) is 0 Å². The van der Waals surface area contributed by atoms with Crippen molar-refractivity contribution in [2.75, 3.05) is 0 Å². The Balaban J connectivity index is 2.96. The molecule has 0 saturated heterocycles. The highest BCUT2D eigenvalue weighted by Crippen LogP contribution is 2.12. The van der Waals surface area contributed by atoms with Gasteiger partial charge in [0, 0.05) is 0 Å². The summed E-state index contributed by atoms with van der Waals surface area (Å²) < 4.78 is 0. The molecular weight excluding hydrogens is 220 g/mol. The Labute approximate surface area is 115 Å². The van der Waals surface area contributed by atoms with Crippen molar-refractivity contribution in [3.63, 3.8) is 0 Å². The Morgan fingerprint density at radius 3 is 1.56 bits per heavy atom. The van der Waals surface area contributed by atoms with E-state index in [-0.39, 0.29) is 6.10 Å². The fourth-order valence-electron chi connectivity index (χ4n) is 2.31. The van der Waals surface area contributed by atoms with Crippen molar-refractivity contribution < 1.29 is 5.11 Å². The van der Waals surface area contributed by atoms with E-state index in [0.29, 0.717) is 0 Å². The third kappa shape index (κ3) is 13.8. The summed E-state index contributed by atoms with van der Waals surface area (Å²) >= 11 is 0. The minimum absolute atomic E-state index is 0.284. The molecular formula is C17H34O. The van der Waals surface area contributed by atoms with Crippen LogP contribution in [-0.2, 0) is 0 Å². The van der Waals surface area contributed by atoms with Gasteiger partial charge in [0.05, 0.1) is 6.10 Å². The summed E-state index contributed by atoms with van der Waals surface area (Å²) in [6.45, 7) is 5.86. The van der Waals surface area contributed by atoms with Gasteiger partial charge in [0.15, 0.2) is 0 Å². The Bertz CT molecular complexity index is 165. The molecule has 0 aliphatic carbocycles. The predicted octanol–water partition coefficient (Wildman–Crippen LogP) is 5.62. The normalized spacial score (nSPS) is 12.6. The van der Waals surface area contributed by atoms with Crippen LogP contribution in [0.5, 0.6) is 0 Å². The van der Waals surface area contributed by atoms with Crippen molar-refractivity contribution in [3.8, 4) is 0 Å². The lowest BCUT2D eigenvalue weighted by atomic mass is 10.0. The van der Waals surface area contributed by atoms with E-state index in [1.807, 2.05) is 0 Å². The molecule has 0 aromatic rings. The standard InChI is InChI=1S/C17H34O/c1-3-5-6-7-8-9-10-11-12-13-14-15-16-17(18)4-2/h4,17-18H,2-3,5-16H2,1H3/t17-/m0/s1. The summed E-state index contributed by atoms with van der Waals surface area (Å²) in [6, 6.07) is 0. The van der Waals surface area contributed by atoms with Gasteiger partial charge in [0.25, 0.3) is 0 Å². The summed E-state index contributed by atoms with van der Waals surface area (Å²) in [6.07, 6.45) is 18.7. The van der Waals surface area contributed by atoms with Gasteiger partial charge in [0.2, 0.25) is 0 Å². The molecule has 1 heteroatoms. The van der Waals surface area contributed by atoms with Gasteiger partial charge in [-0.15, -0.1) is 6.58 Å². The molecule has 1 atom stereocenters. The zero-order valence-electron chi connectivity index (χ0n) is 12.5. The molecule has 18 heavy (non-hydrogen) atoms. The molecule has 0 bridgehead atoms. The van der Waals surface area contributed by atoms with Crippen LogP contribution in [0.15, 0.2) is 12.7 Å². The van der Waals surface area contributed by atoms with Crippen molar-refractivity contribution in [2.24, 2.45) is 0 Å². The molecule has 0 spiro atoms. The highest BCUT2D eigenvalue weighted by atomic mass is 16.3. The fraction of sp³-hybridized carbons (Fsp3) is 0.882. The van der Waals surface area contributed by atoms with Crippen LogP contribution in [0.1, 0.15) is 90.4 Å². The van der Waals surface area contributed by atoms with E-state index in [2.05, 4.69) is 13.5 Å². The molecule has 0 aromatic carbocycles. The maximum atomic E-state index is 9.30. The quantitative estimate of drug-likeness (QED) is 0.315. The van der Waals surface area contributed by atoms with Crippen molar-refractivity contribution >= 4 is 0 Å². The lowest BCUT2D eigenvalue weighted by molar-refractivity contribution is 0.208. The predicted molar refractivity (Wildman–Crippen MR) is 81.9 cm³/mol. The van der Waals surface area contributed by atoms with Gasteiger partial charge in [-0.05, 0) is 6.42 Å². The van der Waals surface area contributed by atoms with Crippen molar-refractivity contribution in [3.05, 3.63) is 12.7 Å². The maximum absolute atomic E-state index is 9.30. The van der Waals surface area contributed by atoms with Crippen LogP contribution in [0.3, 0.4) is 0 Å².